The van der Waals surface area contributed by atoms with E-state index in [-0.39, 0.29) is 11.7 Å². The van der Waals surface area contributed by atoms with E-state index in [9.17, 15) is 5.11 Å². The van der Waals surface area contributed by atoms with Crippen molar-refractivity contribution in [3.8, 4) is 0 Å². The minimum absolute atomic E-state index is 0.239. The van der Waals surface area contributed by atoms with E-state index < -0.39 is 0 Å². The normalized spacial score (nSPS) is 30.4. The summed E-state index contributed by atoms with van der Waals surface area (Å²) in [5.74, 6) is 0. The summed E-state index contributed by atoms with van der Waals surface area (Å²) >= 11 is 1.86. The van der Waals surface area contributed by atoms with Crippen LogP contribution in [0.15, 0.2) is 30.3 Å². The molecule has 1 N–H and O–H groups in total. The minimum atomic E-state index is -0.344. The fourth-order valence-electron chi connectivity index (χ4n) is 3.67. The summed E-state index contributed by atoms with van der Waals surface area (Å²) in [6.45, 7) is 3.50. The lowest BCUT2D eigenvalue weighted by atomic mass is 9.86. The van der Waals surface area contributed by atoms with Gasteiger partial charge in [0, 0.05) is 35.8 Å². The predicted octanol–water partition coefficient (Wildman–Crippen LogP) is 3.02. The summed E-state index contributed by atoms with van der Waals surface area (Å²) in [6.07, 6.45) is 2.72. The number of rotatable bonds is 2. The zero-order valence-corrected chi connectivity index (χ0v) is 12.9. The van der Waals surface area contributed by atoms with Crippen LogP contribution in [-0.4, -0.2) is 41.4 Å². The number of ether oxygens (including phenoxy) is 1. The van der Waals surface area contributed by atoms with Gasteiger partial charge in [0.15, 0.2) is 0 Å². The van der Waals surface area contributed by atoms with Gasteiger partial charge >= 0.3 is 0 Å². The van der Waals surface area contributed by atoms with Crippen LogP contribution < -0.4 is 0 Å². The molecule has 2 saturated heterocycles. The quantitative estimate of drug-likeness (QED) is 0.925. The molecule has 0 radical (unpaired) electrons. The molecule has 112 valence electrons. The number of likely N-dealkylation sites (tertiary alicyclic amines) is 1. The van der Waals surface area contributed by atoms with E-state index >= 15 is 0 Å². The van der Waals surface area contributed by atoms with Crippen molar-refractivity contribution in [2.45, 2.75) is 37.5 Å². The molecule has 0 unspecified atom stereocenters. The molecule has 2 aliphatic heterocycles. The minimum Gasteiger partial charge on any atom is -0.389 e. The largest absolute Gasteiger partial charge is 0.389 e. The smallest absolute Gasteiger partial charge is 0.0965 e. The van der Waals surface area contributed by atoms with Crippen LogP contribution >= 0.6 is 11.3 Å². The van der Waals surface area contributed by atoms with Crippen LogP contribution in [0, 0.1) is 0 Å². The maximum absolute atomic E-state index is 10.5. The Morgan fingerprint density at radius 1 is 1.33 bits per heavy atom. The van der Waals surface area contributed by atoms with Gasteiger partial charge in [0.25, 0.3) is 0 Å². The standard InChI is InChI=1S/C17H21NO2S/c19-16-12-18(8-7-17(16)6-3-9-20-17)11-14-10-13-4-1-2-5-15(13)21-14/h1-2,4-5,10,16,19H,3,6-9,11-12H2/t16-,17-/m0/s1. The zero-order chi connectivity index (χ0) is 14.3. The molecular weight excluding hydrogens is 282 g/mol. The number of fused-ring (bicyclic) bond motifs is 1. The van der Waals surface area contributed by atoms with Gasteiger partial charge in [0.1, 0.15) is 0 Å². The molecule has 1 spiro atoms. The average molecular weight is 303 g/mol. The fourth-order valence-corrected chi connectivity index (χ4v) is 4.78. The third kappa shape index (κ3) is 2.50. The Bertz CT molecular complexity index is 600. The molecule has 3 heterocycles. The predicted molar refractivity (Wildman–Crippen MR) is 85.6 cm³/mol. The zero-order valence-electron chi connectivity index (χ0n) is 12.1. The summed E-state index contributed by atoms with van der Waals surface area (Å²) in [5, 5.41) is 11.8. The number of hydrogen-bond acceptors (Lipinski definition) is 4. The van der Waals surface area contributed by atoms with E-state index in [2.05, 4.69) is 35.2 Å². The van der Waals surface area contributed by atoms with Crippen LogP contribution in [-0.2, 0) is 11.3 Å². The van der Waals surface area contributed by atoms with Crippen molar-refractivity contribution < 1.29 is 9.84 Å². The van der Waals surface area contributed by atoms with Gasteiger partial charge in [-0.3, -0.25) is 4.90 Å². The highest BCUT2D eigenvalue weighted by atomic mass is 32.1. The first-order chi connectivity index (χ1) is 10.3. The second kappa shape index (κ2) is 5.36. The molecule has 1 aromatic carbocycles. The SMILES string of the molecule is O[C@H]1CN(Cc2cc3ccccc3s2)CC[C@@]12CCCO2. The lowest BCUT2D eigenvalue weighted by Gasteiger charge is -2.42. The van der Waals surface area contributed by atoms with Crippen molar-refractivity contribution in [2.75, 3.05) is 19.7 Å². The Hall–Kier alpha value is -0.940. The van der Waals surface area contributed by atoms with E-state index in [4.69, 9.17) is 4.74 Å². The van der Waals surface area contributed by atoms with Crippen molar-refractivity contribution >= 4 is 21.4 Å². The number of aliphatic hydroxyl groups is 1. The van der Waals surface area contributed by atoms with Gasteiger partial charge in [-0.25, -0.2) is 0 Å². The van der Waals surface area contributed by atoms with Crippen LogP contribution in [0.3, 0.4) is 0 Å². The van der Waals surface area contributed by atoms with Gasteiger partial charge in [-0.1, -0.05) is 18.2 Å². The van der Waals surface area contributed by atoms with Crippen molar-refractivity contribution in [3.05, 3.63) is 35.2 Å². The average Bonchev–Trinajstić information content (AvgIpc) is 3.10. The third-order valence-corrected chi connectivity index (χ3v) is 5.98. The van der Waals surface area contributed by atoms with Crippen molar-refractivity contribution in [2.24, 2.45) is 0 Å². The number of piperidine rings is 1. The molecule has 1 aromatic heterocycles. The molecule has 0 amide bonds. The number of β-amino-alcohol motifs (C(OH)–C–C–N with tert-alkyl or cyclic N) is 1. The Kier molecular flexibility index (Phi) is 3.50. The number of thiophene rings is 1. The topological polar surface area (TPSA) is 32.7 Å². The van der Waals surface area contributed by atoms with Gasteiger partial charge < -0.3 is 9.84 Å². The molecule has 2 fully saturated rings. The van der Waals surface area contributed by atoms with Crippen LogP contribution in [0.1, 0.15) is 24.1 Å². The van der Waals surface area contributed by atoms with Gasteiger partial charge in [-0.05, 0) is 36.8 Å². The second-order valence-corrected chi connectivity index (χ2v) is 7.44. The van der Waals surface area contributed by atoms with E-state index in [1.54, 1.807) is 0 Å². The lowest BCUT2D eigenvalue weighted by molar-refractivity contribution is -0.130. The van der Waals surface area contributed by atoms with E-state index in [0.29, 0.717) is 0 Å². The fraction of sp³-hybridized carbons (Fsp3) is 0.529. The van der Waals surface area contributed by atoms with E-state index in [0.717, 1.165) is 45.5 Å². The molecule has 21 heavy (non-hydrogen) atoms. The maximum atomic E-state index is 10.5. The first kappa shape index (κ1) is 13.7. The Morgan fingerprint density at radius 2 is 2.24 bits per heavy atom. The van der Waals surface area contributed by atoms with Crippen LogP contribution in [0.4, 0.5) is 0 Å². The first-order valence-corrected chi connectivity index (χ1v) is 8.59. The highest BCUT2D eigenvalue weighted by Crippen LogP contribution is 2.36. The van der Waals surface area contributed by atoms with Gasteiger partial charge in [-0.2, -0.15) is 0 Å². The van der Waals surface area contributed by atoms with Crippen LogP contribution in [0.5, 0.6) is 0 Å². The molecule has 0 bridgehead atoms. The van der Waals surface area contributed by atoms with E-state index in [1.807, 2.05) is 11.3 Å². The maximum Gasteiger partial charge on any atom is 0.0965 e. The molecule has 0 aliphatic carbocycles. The summed E-state index contributed by atoms with van der Waals surface area (Å²) in [7, 11) is 0. The van der Waals surface area contributed by atoms with Crippen molar-refractivity contribution in [3.63, 3.8) is 0 Å². The first-order valence-electron chi connectivity index (χ1n) is 7.77. The molecule has 4 heteroatoms. The molecule has 4 rings (SSSR count). The number of hydrogen-bond donors (Lipinski definition) is 1. The monoisotopic (exact) mass is 303 g/mol. The number of aliphatic hydroxyl groups excluding tert-OH is 1. The van der Waals surface area contributed by atoms with Gasteiger partial charge in [0.2, 0.25) is 0 Å². The molecular formula is C17H21NO2S. The highest BCUT2D eigenvalue weighted by molar-refractivity contribution is 7.19. The van der Waals surface area contributed by atoms with Crippen LogP contribution in [0.25, 0.3) is 10.1 Å². The molecule has 2 atom stereocenters. The summed E-state index contributed by atoms with van der Waals surface area (Å²) in [6, 6.07) is 10.8. The third-order valence-electron chi connectivity index (χ3n) is 4.88. The molecule has 3 nitrogen and oxygen atoms in total. The molecule has 2 aromatic rings. The Labute approximate surface area is 129 Å². The molecule has 0 saturated carbocycles. The van der Waals surface area contributed by atoms with Crippen molar-refractivity contribution in [1.29, 1.82) is 0 Å². The Morgan fingerprint density at radius 3 is 3.00 bits per heavy atom. The Balaban J connectivity index is 1.46. The van der Waals surface area contributed by atoms with Gasteiger partial charge in [0.05, 0.1) is 11.7 Å². The second-order valence-electron chi connectivity index (χ2n) is 6.27. The number of nitrogens with zero attached hydrogens (tertiary/aromatic N) is 1. The van der Waals surface area contributed by atoms with Crippen LogP contribution in [0.2, 0.25) is 0 Å². The summed E-state index contributed by atoms with van der Waals surface area (Å²) in [5.41, 5.74) is -0.239. The highest BCUT2D eigenvalue weighted by Gasteiger charge is 2.45. The van der Waals surface area contributed by atoms with E-state index in [1.165, 1.54) is 15.0 Å². The van der Waals surface area contributed by atoms with Gasteiger partial charge in [-0.15, -0.1) is 11.3 Å². The summed E-state index contributed by atoms with van der Waals surface area (Å²) in [4.78, 5) is 3.74. The molecule has 2 aliphatic rings. The number of benzene rings is 1. The van der Waals surface area contributed by atoms with Crippen molar-refractivity contribution in [1.82, 2.24) is 4.90 Å². The summed E-state index contributed by atoms with van der Waals surface area (Å²) < 4.78 is 7.21. The lowest BCUT2D eigenvalue weighted by Crippen LogP contribution is -2.54.